The maximum atomic E-state index is 10.3. The number of nitroso groups, excluding NO2 is 1. The van der Waals surface area contributed by atoms with Crippen molar-refractivity contribution in [2.75, 3.05) is 13.8 Å². The monoisotopic (exact) mass is 223 g/mol. The lowest BCUT2D eigenvalue weighted by Gasteiger charge is -2.22. The van der Waals surface area contributed by atoms with Gasteiger partial charge in [-0.2, -0.15) is 0 Å². The molecule has 0 radical (unpaired) electrons. The second-order valence-electron chi connectivity index (χ2n) is 4.17. The Morgan fingerprint density at radius 1 is 1.50 bits per heavy atom. The average Bonchev–Trinajstić information content (AvgIpc) is 2.89. The molecular weight excluding hydrogens is 206 g/mol. The molecule has 5 nitrogen and oxygen atoms in total. The molecule has 1 aliphatic carbocycles. The third kappa shape index (κ3) is 2.41. The molecule has 0 aromatic rings. The van der Waals surface area contributed by atoms with Crippen LogP contribution in [-0.2, 0) is 4.74 Å². The van der Waals surface area contributed by atoms with Crippen molar-refractivity contribution in [1.82, 2.24) is 9.80 Å². The van der Waals surface area contributed by atoms with Crippen LogP contribution in [0.5, 0.6) is 0 Å². The van der Waals surface area contributed by atoms with E-state index in [1.807, 2.05) is 29.2 Å². The summed E-state index contributed by atoms with van der Waals surface area (Å²) in [6.45, 7) is 0.493. The lowest BCUT2D eigenvalue weighted by Crippen LogP contribution is -2.25. The Bertz CT molecular complexity index is 308. The largest absolute Gasteiger partial charge is 0.358 e. The molecule has 0 spiro atoms. The van der Waals surface area contributed by atoms with Crippen molar-refractivity contribution in [2.45, 2.75) is 31.8 Å². The van der Waals surface area contributed by atoms with Crippen LogP contribution in [0.3, 0.4) is 0 Å². The van der Waals surface area contributed by atoms with E-state index in [9.17, 15) is 4.91 Å². The summed E-state index contributed by atoms with van der Waals surface area (Å²) in [5.74, 6) is 0.757. The number of rotatable bonds is 4. The van der Waals surface area contributed by atoms with Gasteiger partial charge in [0.1, 0.15) is 18.8 Å². The summed E-state index contributed by atoms with van der Waals surface area (Å²) in [6.07, 6.45) is 10.3. The number of nitrogens with zero attached hydrogens (tertiary/aromatic N) is 3. The standard InChI is InChI=1S/C11H17N3O2/c1-13-6-7-14(11(13)8-12-15)9-16-10-4-2-3-5-10/h6-8,10H,2-5,9H2,1H3/b11-8+. The summed E-state index contributed by atoms with van der Waals surface area (Å²) in [5.41, 5.74) is 0. The minimum Gasteiger partial charge on any atom is -0.358 e. The molecule has 2 rings (SSSR count). The third-order valence-electron chi connectivity index (χ3n) is 3.05. The third-order valence-corrected chi connectivity index (χ3v) is 3.05. The van der Waals surface area contributed by atoms with Gasteiger partial charge in [0.15, 0.2) is 0 Å². The molecule has 1 saturated carbocycles. The Labute approximate surface area is 95.3 Å². The molecule has 0 bridgehead atoms. The summed E-state index contributed by atoms with van der Waals surface area (Å²) < 4.78 is 5.78. The van der Waals surface area contributed by atoms with Crippen LogP contribution in [-0.4, -0.2) is 29.7 Å². The van der Waals surface area contributed by atoms with Gasteiger partial charge in [-0.15, -0.1) is 4.91 Å². The van der Waals surface area contributed by atoms with Crippen LogP contribution in [0, 0.1) is 4.91 Å². The van der Waals surface area contributed by atoms with Gasteiger partial charge in [-0.1, -0.05) is 12.8 Å². The van der Waals surface area contributed by atoms with Crippen molar-refractivity contribution < 1.29 is 4.74 Å². The van der Waals surface area contributed by atoms with Crippen LogP contribution in [0.4, 0.5) is 0 Å². The predicted molar refractivity (Wildman–Crippen MR) is 60.8 cm³/mol. The number of ether oxygens (including phenoxy) is 1. The molecule has 1 aliphatic heterocycles. The highest BCUT2D eigenvalue weighted by Crippen LogP contribution is 2.23. The molecule has 1 fully saturated rings. The summed E-state index contributed by atoms with van der Waals surface area (Å²) in [5, 5.41) is 2.81. The van der Waals surface area contributed by atoms with Crippen molar-refractivity contribution in [3.8, 4) is 0 Å². The molecule has 5 heteroatoms. The first-order chi connectivity index (χ1) is 7.81. The lowest BCUT2D eigenvalue weighted by atomic mass is 10.3. The van der Waals surface area contributed by atoms with Crippen molar-refractivity contribution in [3.05, 3.63) is 29.3 Å². The maximum Gasteiger partial charge on any atom is 0.136 e. The fraction of sp³-hybridized carbons (Fsp3) is 0.636. The summed E-state index contributed by atoms with van der Waals surface area (Å²) in [7, 11) is 1.88. The molecule has 16 heavy (non-hydrogen) atoms. The molecule has 0 aromatic heterocycles. The van der Waals surface area contributed by atoms with Crippen LogP contribution in [0.15, 0.2) is 29.6 Å². The van der Waals surface area contributed by atoms with Gasteiger partial charge in [0.2, 0.25) is 0 Å². The van der Waals surface area contributed by atoms with Crippen LogP contribution in [0.1, 0.15) is 25.7 Å². The van der Waals surface area contributed by atoms with Gasteiger partial charge < -0.3 is 14.5 Å². The minimum atomic E-state index is 0.379. The Balaban J connectivity index is 1.86. The average molecular weight is 223 g/mol. The zero-order chi connectivity index (χ0) is 11.4. The van der Waals surface area contributed by atoms with Gasteiger partial charge in [-0.3, -0.25) is 0 Å². The highest BCUT2D eigenvalue weighted by Gasteiger charge is 2.20. The first kappa shape index (κ1) is 11.1. The van der Waals surface area contributed by atoms with E-state index in [1.165, 1.54) is 19.0 Å². The van der Waals surface area contributed by atoms with Gasteiger partial charge >= 0.3 is 0 Å². The number of hydrogen-bond donors (Lipinski definition) is 0. The lowest BCUT2D eigenvalue weighted by molar-refractivity contribution is 0.00769. The molecule has 0 atom stereocenters. The van der Waals surface area contributed by atoms with Crippen LogP contribution < -0.4 is 0 Å². The van der Waals surface area contributed by atoms with Crippen molar-refractivity contribution in [3.63, 3.8) is 0 Å². The molecule has 0 N–H and O–H groups in total. The molecule has 1 heterocycles. The maximum absolute atomic E-state index is 10.3. The predicted octanol–water partition coefficient (Wildman–Crippen LogP) is 2.19. The fourth-order valence-electron chi connectivity index (χ4n) is 2.10. The summed E-state index contributed by atoms with van der Waals surface area (Å²) in [4.78, 5) is 14.0. The topological polar surface area (TPSA) is 45.1 Å². The minimum absolute atomic E-state index is 0.379. The van der Waals surface area contributed by atoms with Gasteiger partial charge in [-0.05, 0) is 18.0 Å². The zero-order valence-electron chi connectivity index (χ0n) is 9.50. The van der Waals surface area contributed by atoms with E-state index in [2.05, 4.69) is 5.18 Å². The molecule has 2 aliphatic rings. The van der Waals surface area contributed by atoms with Gasteiger partial charge in [0.25, 0.3) is 0 Å². The van der Waals surface area contributed by atoms with Gasteiger partial charge in [0, 0.05) is 19.4 Å². The SMILES string of the molecule is CN1C=CN(COC2CCCC2)/C1=C/N=O. The first-order valence-corrected chi connectivity index (χ1v) is 5.63. The highest BCUT2D eigenvalue weighted by atomic mass is 16.5. The van der Waals surface area contributed by atoms with Gasteiger partial charge in [-0.25, -0.2) is 0 Å². The first-order valence-electron chi connectivity index (χ1n) is 5.63. The van der Waals surface area contributed by atoms with E-state index in [0.717, 1.165) is 18.7 Å². The van der Waals surface area contributed by atoms with E-state index in [-0.39, 0.29) is 0 Å². The van der Waals surface area contributed by atoms with E-state index >= 15 is 0 Å². The van der Waals surface area contributed by atoms with Crippen molar-refractivity contribution in [2.24, 2.45) is 5.18 Å². The van der Waals surface area contributed by atoms with Gasteiger partial charge in [0.05, 0.1) is 6.10 Å². The Hall–Kier alpha value is -1.36. The van der Waals surface area contributed by atoms with E-state index in [1.54, 1.807) is 0 Å². The molecular formula is C11H17N3O2. The molecule has 0 unspecified atom stereocenters. The normalized spacial score (nSPS) is 23.7. The van der Waals surface area contributed by atoms with E-state index in [4.69, 9.17) is 4.74 Å². The Morgan fingerprint density at radius 3 is 2.94 bits per heavy atom. The van der Waals surface area contributed by atoms with E-state index < -0.39 is 0 Å². The molecule has 88 valence electrons. The second kappa shape index (κ2) is 5.12. The quantitative estimate of drug-likeness (QED) is 0.685. The fourth-order valence-corrected chi connectivity index (χ4v) is 2.10. The van der Waals surface area contributed by atoms with Crippen LogP contribution in [0.25, 0.3) is 0 Å². The van der Waals surface area contributed by atoms with Crippen molar-refractivity contribution in [1.29, 1.82) is 0 Å². The van der Waals surface area contributed by atoms with Crippen LogP contribution in [0.2, 0.25) is 0 Å². The Morgan fingerprint density at radius 2 is 2.25 bits per heavy atom. The highest BCUT2D eigenvalue weighted by molar-refractivity contribution is 5.12. The van der Waals surface area contributed by atoms with E-state index in [0.29, 0.717) is 12.8 Å². The molecule has 0 amide bonds. The summed E-state index contributed by atoms with van der Waals surface area (Å²) >= 11 is 0. The van der Waals surface area contributed by atoms with Crippen LogP contribution >= 0.6 is 0 Å². The summed E-state index contributed by atoms with van der Waals surface area (Å²) in [6, 6.07) is 0. The molecule has 0 aromatic carbocycles. The Kier molecular flexibility index (Phi) is 3.56. The second-order valence-corrected chi connectivity index (χ2v) is 4.17. The molecule has 0 saturated heterocycles. The smallest absolute Gasteiger partial charge is 0.136 e. The zero-order valence-corrected chi connectivity index (χ0v) is 9.50. The number of hydrogen-bond acceptors (Lipinski definition) is 5. The van der Waals surface area contributed by atoms with Crippen molar-refractivity contribution >= 4 is 0 Å².